The van der Waals surface area contributed by atoms with Gasteiger partial charge in [-0.05, 0) is 26.7 Å². The van der Waals surface area contributed by atoms with Crippen LogP contribution in [0.3, 0.4) is 0 Å². The van der Waals surface area contributed by atoms with Crippen LogP contribution in [-0.2, 0) is 14.3 Å². The topological polar surface area (TPSA) is 87.1 Å². The molecule has 1 saturated carbocycles. The predicted octanol–water partition coefficient (Wildman–Crippen LogP) is 0.486. The van der Waals surface area contributed by atoms with E-state index in [9.17, 15) is 19.8 Å². The number of carbonyl (C=O) groups excluding carboxylic acids is 1. The van der Waals surface area contributed by atoms with Crippen molar-refractivity contribution in [2.45, 2.75) is 44.8 Å². The number of amides is 1. The van der Waals surface area contributed by atoms with E-state index in [0.717, 1.165) is 6.42 Å². The quantitative estimate of drug-likeness (QED) is 0.788. The van der Waals surface area contributed by atoms with Gasteiger partial charge in [-0.1, -0.05) is 6.42 Å². The summed E-state index contributed by atoms with van der Waals surface area (Å²) in [7, 11) is 0. The zero-order valence-electron chi connectivity index (χ0n) is 12.0. The molecule has 0 aromatic heterocycles. The van der Waals surface area contributed by atoms with Crippen LogP contribution < -0.4 is 0 Å². The van der Waals surface area contributed by atoms with E-state index >= 15 is 0 Å². The number of nitrogens with zero attached hydrogens (tertiary/aromatic N) is 1. The molecule has 1 heterocycles. The van der Waals surface area contributed by atoms with Crippen molar-refractivity contribution in [3.63, 3.8) is 0 Å². The number of hydrogen-bond acceptors (Lipinski definition) is 4. The van der Waals surface area contributed by atoms with Crippen molar-refractivity contribution in [1.82, 2.24) is 4.90 Å². The summed E-state index contributed by atoms with van der Waals surface area (Å²) in [6, 6.07) is 0. The smallest absolute Gasteiger partial charge is 0.307 e. The van der Waals surface area contributed by atoms with Gasteiger partial charge >= 0.3 is 5.97 Å². The lowest BCUT2D eigenvalue weighted by Crippen LogP contribution is -2.57. The van der Waals surface area contributed by atoms with Gasteiger partial charge in [0.1, 0.15) is 0 Å². The first kappa shape index (κ1) is 15.3. The highest BCUT2D eigenvalue weighted by Gasteiger charge is 2.43. The predicted molar refractivity (Wildman–Crippen MR) is 71.1 cm³/mol. The minimum atomic E-state index is -0.882. The van der Waals surface area contributed by atoms with Gasteiger partial charge in [0.15, 0.2) is 0 Å². The van der Waals surface area contributed by atoms with E-state index in [-0.39, 0.29) is 12.5 Å². The average molecular weight is 285 g/mol. The summed E-state index contributed by atoms with van der Waals surface area (Å²) >= 11 is 0. The van der Waals surface area contributed by atoms with Crippen LogP contribution in [0.1, 0.15) is 33.1 Å². The van der Waals surface area contributed by atoms with Gasteiger partial charge in [-0.25, -0.2) is 0 Å². The molecule has 3 atom stereocenters. The summed E-state index contributed by atoms with van der Waals surface area (Å²) in [5.41, 5.74) is -0.515. The third-order valence-electron chi connectivity index (χ3n) is 4.15. The molecule has 2 fully saturated rings. The van der Waals surface area contributed by atoms with E-state index in [0.29, 0.717) is 25.9 Å². The second kappa shape index (κ2) is 5.69. The van der Waals surface area contributed by atoms with E-state index in [1.807, 2.05) is 13.8 Å². The van der Waals surface area contributed by atoms with E-state index in [2.05, 4.69) is 0 Å². The Morgan fingerprint density at radius 3 is 2.55 bits per heavy atom. The van der Waals surface area contributed by atoms with Gasteiger partial charge in [0, 0.05) is 13.1 Å². The molecule has 114 valence electrons. The van der Waals surface area contributed by atoms with Crippen molar-refractivity contribution in [3.8, 4) is 0 Å². The molecule has 1 amide bonds. The molecule has 0 spiro atoms. The lowest BCUT2D eigenvalue weighted by molar-refractivity contribution is -0.172. The fourth-order valence-corrected chi connectivity index (χ4v) is 3.34. The Hall–Kier alpha value is -1.14. The van der Waals surface area contributed by atoms with Crippen LogP contribution in [-0.4, -0.2) is 58.4 Å². The zero-order chi connectivity index (χ0) is 14.9. The summed E-state index contributed by atoms with van der Waals surface area (Å²) in [4.78, 5) is 25.5. The zero-order valence-corrected chi connectivity index (χ0v) is 12.0. The first-order valence-electron chi connectivity index (χ1n) is 7.14. The van der Waals surface area contributed by atoms with Gasteiger partial charge in [-0.2, -0.15) is 0 Å². The van der Waals surface area contributed by atoms with E-state index in [1.165, 1.54) is 0 Å². The van der Waals surface area contributed by atoms with Crippen molar-refractivity contribution < 1.29 is 24.5 Å². The summed E-state index contributed by atoms with van der Waals surface area (Å²) in [6.07, 6.45) is 1.59. The molecule has 0 bridgehead atoms. The number of aliphatic hydroxyl groups excluding tert-OH is 1. The van der Waals surface area contributed by atoms with Crippen LogP contribution in [0.15, 0.2) is 0 Å². The Kier molecular flexibility index (Phi) is 4.34. The summed E-state index contributed by atoms with van der Waals surface area (Å²) in [6.45, 7) is 4.38. The fraction of sp³-hybridized carbons (Fsp3) is 0.857. The van der Waals surface area contributed by atoms with Crippen LogP contribution in [0, 0.1) is 11.8 Å². The maximum atomic E-state index is 12.6. The van der Waals surface area contributed by atoms with Gasteiger partial charge in [0.05, 0.1) is 30.1 Å². The van der Waals surface area contributed by atoms with Crippen molar-refractivity contribution in [2.24, 2.45) is 11.8 Å². The molecule has 2 aliphatic rings. The molecule has 3 unspecified atom stereocenters. The molecular formula is C14H23NO5. The van der Waals surface area contributed by atoms with Crippen LogP contribution in [0.25, 0.3) is 0 Å². The lowest BCUT2D eigenvalue weighted by atomic mass is 9.93. The van der Waals surface area contributed by atoms with Gasteiger partial charge in [-0.15, -0.1) is 0 Å². The molecule has 1 saturated heterocycles. The Balaban J connectivity index is 2.09. The second-order valence-electron chi connectivity index (χ2n) is 6.38. The second-order valence-corrected chi connectivity index (χ2v) is 6.38. The van der Waals surface area contributed by atoms with Crippen molar-refractivity contribution >= 4 is 11.9 Å². The number of rotatable bonds is 3. The highest BCUT2D eigenvalue weighted by atomic mass is 16.5. The van der Waals surface area contributed by atoms with Crippen molar-refractivity contribution in [2.75, 3.05) is 19.7 Å². The minimum absolute atomic E-state index is 0.107. The Morgan fingerprint density at radius 2 is 1.95 bits per heavy atom. The third kappa shape index (κ3) is 3.12. The number of carboxylic acid groups (broad SMARTS) is 1. The molecule has 1 aliphatic carbocycles. The average Bonchev–Trinajstić information content (AvgIpc) is 2.85. The SMILES string of the molecule is CC1(C)CN(C(=O)C2CCCC2C(=O)O)CC(CO)O1. The molecule has 2 N–H and O–H groups in total. The van der Waals surface area contributed by atoms with E-state index in [4.69, 9.17) is 4.74 Å². The van der Waals surface area contributed by atoms with Crippen LogP contribution >= 0.6 is 0 Å². The first-order chi connectivity index (χ1) is 9.34. The standard InChI is InChI=1S/C14H23NO5/c1-14(2)8-15(6-9(7-16)20-14)12(17)10-4-3-5-11(10)13(18)19/h9-11,16H,3-8H2,1-2H3,(H,18,19). The molecule has 0 radical (unpaired) electrons. The van der Waals surface area contributed by atoms with Crippen molar-refractivity contribution in [3.05, 3.63) is 0 Å². The summed E-state index contributed by atoms with van der Waals surface area (Å²) in [5, 5.41) is 18.5. The van der Waals surface area contributed by atoms with E-state index < -0.39 is 29.5 Å². The number of hydrogen-bond donors (Lipinski definition) is 2. The largest absolute Gasteiger partial charge is 0.481 e. The number of morpholine rings is 1. The fourth-order valence-electron chi connectivity index (χ4n) is 3.34. The van der Waals surface area contributed by atoms with Crippen LogP contribution in [0.4, 0.5) is 0 Å². The van der Waals surface area contributed by atoms with Gasteiger partial charge < -0.3 is 19.8 Å². The maximum absolute atomic E-state index is 12.6. The number of ether oxygens (including phenoxy) is 1. The Bertz CT molecular complexity index is 395. The van der Waals surface area contributed by atoms with Crippen LogP contribution in [0.2, 0.25) is 0 Å². The number of carbonyl (C=O) groups is 2. The van der Waals surface area contributed by atoms with Crippen LogP contribution in [0.5, 0.6) is 0 Å². The summed E-state index contributed by atoms with van der Waals surface area (Å²) in [5.74, 6) is -1.99. The summed E-state index contributed by atoms with van der Waals surface area (Å²) < 4.78 is 5.68. The molecule has 1 aliphatic heterocycles. The molecule has 6 heteroatoms. The first-order valence-corrected chi connectivity index (χ1v) is 7.14. The monoisotopic (exact) mass is 285 g/mol. The normalized spacial score (nSPS) is 33.1. The number of aliphatic carboxylic acids is 1. The van der Waals surface area contributed by atoms with Gasteiger partial charge in [-0.3, -0.25) is 9.59 Å². The molecule has 2 rings (SSSR count). The number of carboxylic acids is 1. The van der Waals surface area contributed by atoms with E-state index in [1.54, 1.807) is 4.90 Å². The lowest BCUT2D eigenvalue weighted by Gasteiger charge is -2.43. The number of aliphatic hydroxyl groups is 1. The van der Waals surface area contributed by atoms with Crippen molar-refractivity contribution in [1.29, 1.82) is 0 Å². The van der Waals surface area contributed by atoms with Gasteiger partial charge in [0.2, 0.25) is 5.91 Å². The molecule has 0 aromatic carbocycles. The molecular weight excluding hydrogens is 262 g/mol. The minimum Gasteiger partial charge on any atom is -0.481 e. The Morgan fingerprint density at radius 1 is 1.30 bits per heavy atom. The highest BCUT2D eigenvalue weighted by Crippen LogP contribution is 2.34. The maximum Gasteiger partial charge on any atom is 0.307 e. The third-order valence-corrected chi connectivity index (χ3v) is 4.15. The highest BCUT2D eigenvalue weighted by molar-refractivity contribution is 5.85. The Labute approximate surface area is 118 Å². The molecule has 20 heavy (non-hydrogen) atoms. The molecule has 6 nitrogen and oxygen atoms in total. The van der Waals surface area contributed by atoms with Gasteiger partial charge in [0.25, 0.3) is 0 Å². The molecule has 0 aromatic rings.